The van der Waals surface area contributed by atoms with Gasteiger partial charge in [0.25, 0.3) is 0 Å². The Bertz CT molecular complexity index is 1160. The van der Waals surface area contributed by atoms with Gasteiger partial charge in [-0.1, -0.05) is 11.2 Å². The Balaban J connectivity index is 1.26. The van der Waals surface area contributed by atoms with Gasteiger partial charge in [-0.05, 0) is 42.5 Å². The second-order valence-corrected chi connectivity index (χ2v) is 9.97. The van der Waals surface area contributed by atoms with Crippen molar-refractivity contribution in [2.75, 3.05) is 52.7 Å². The molecule has 176 valence electrons. The summed E-state index contributed by atoms with van der Waals surface area (Å²) in [7, 11) is -0.206. The Morgan fingerprint density at radius 1 is 0.939 bits per heavy atom. The molecule has 0 spiro atoms. The van der Waals surface area contributed by atoms with Crippen molar-refractivity contribution in [2.24, 2.45) is 0 Å². The Labute approximate surface area is 193 Å². The predicted molar refractivity (Wildman–Crippen MR) is 123 cm³/mol. The van der Waals surface area contributed by atoms with E-state index in [1.807, 2.05) is 24.3 Å². The zero-order valence-electron chi connectivity index (χ0n) is 18.8. The normalized spacial score (nSPS) is 15.5. The molecule has 0 unspecified atom stereocenters. The van der Waals surface area contributed by atoms with Crippen molar-refractivity contribution in [1.29, 1.82) is 0 Å². The molecular weight excluding hydrogens is 444 g/mol. The first-order chi connectivity index (χ1) is 16.0. The van der Waals surface area contributed by atoms with Gasteiger partial charge in [-0.15, -0.1) is 0 Å². The molecule has 1 fully saturated rings. The molecule has 1 saturated heterocycles. The number of rotatable bonds is 9. The van der Waals surface area contributed by atoms with Crippen molar-refractivity contribution in [2.45, 2.75) is 11.4 Å². The average molecular weight is 473 g/mol. The summed E-state index contributed by atoms with van der Waals surface area (Å²) in [5, 5.41) is 4.08. The largest absolute Gasteiger partial charge is 0.497 e. The van der Waals surface area contributed by atoms with Crippen molar-refractivity contribution >= 4 is 9.84 Å². The highest BCUT2D eigenvalue weighted by molar-refractivity contribution is 7.91. The third kappa shape index (κ3) is 5.89. The molecular formula is C23H28N4O5S. The lowest BCUT2D eigenvalue weighted by molar-refractivity contribution is 0.121. The van der Waals surface area contributed by atoms with E-state index < -0.39 is 9.84 Å². The van der Waals surface area contributed by atoms with Gasteiger partial charge in [0.2, 0.25) is 11.7 Å². The fourth-order valence-corrected chi connectivity index (χ4v) is 5.02. The Kier molecular flexibility index (Phi) is 7.26. The van der Waals surface area contributed by atoms with Gasteiger partial charge >= 0.3 is 0 Å². The Hall–Kier alpha value is -2.95. The van der Waals surface area contributed by atoms with Crippen LogP contribution in [0.4, 0.5) is 0 Å². The summed E-state index contributed by atoms with van der Waals surface area (Å²) in [6.45, 7) is 4.24. The maximum absolute atomic E-state index is 12.7. The molecule has 0 N–H and O–H groups in total. The van der Waals surface area contributed by atoms with E-state index in [-0.39, 0.29) is 5.75 Å². The molecule has 1 aromatic heterocycles. The van der Waals surface area contributed by atoms with Crippen molar-refractivity contribution in [1.82, 2.24) is 19.9 Å². The molecule has 0 atom stereocenters. The summed E-state index contributed by atoms with van der Waals surface area (Å²) < 4.78 is 41.1. The van der Waals surface area contributed by atoms with Crippen molar-refractivity contribution < 1.29 is 22.4 Å². The molecule has 33 heavy (non-hydrogen) atoms. The third-order valence-electron chi connectivity index (χ3n) is 5.72. The van der Waals surface area contributed by atoms with Crippen LogP contribution in [0, 0.1) is 0 Å². The number of methoxy groups -OCH3 is 2. The zero-order valence-corrected chi connectivity index (χ0v) is 19.6. The lowest BCUT2D eigenvalue weighted by Crippen LogP contribution is -2.47. The van der Waals surface area contributed by atoms with Gasteiger partial charge in [-0.25, -0.2) is 8.42 Å². The quantitative estimate of drug-likeness (QED) is 0.465. The van der Waals surface area contributed by atoms with Gasteiger partial charge in [-0.2, -0.15) is 4.98 Å². The molecule has 10 heteroatoms. The lowest BCUT2D eigenvalue weighted by atomic mass is 10.2. The second kappa shape index (κ2) is 10.3. The van der Waals surface area contributed by atoms with Crippen LogP contribution >= 0.6 is 0 Å². The molecule has 0 bridgehead atoms. The van der Waals surface area contributed by atoms with Crippen LogP contribution in [-0.2, 0) is 16.4 Å². The number of ether oxygens (including phenoxy) is 2. The van der Waals surface area contributed by atoms with E-state index in [4.69, 9.17) is 14.0 Å². The lowest BCUT2D eigenvalue weighted by Gasteiger charge is -2.33. The fraction of sp³-hybridized carbons (Fsp3) is 0.391. The molecule has 1 aliphatic heterocycles. The van der Waals surface area contributed by atoms with Crippen molar-refractivity contribution in [3.8, 4) is 22.9 Å². The zero-order chi connectivity index (χ0) is 23.3. The van der Waals surface area contributed by atoms with Crippen LogP contribution in [-0.4, -0.2) is 81.1 Å². The fourth-order valence-electron chi connectivity index (χ4n) is 3.70. The first-order valence-corrected chi connectivity index (χ1v) is 12.4. The van der Waals surface area contributed by atoms with Gasteiger partial charge < -0.3 is 14.0 Å². The second-order valence-electron chi connectivity index (χ2n) is 7.86. The Morgan fingerprint density at radius 2 is 1.64 bits per heavy atom. The highest BCUT2D eigenvalue weighted by Gasteiger charge is 2.22. The van der Waals surface area contributed by atoms with Gasteiger partial charge in [0.1, 0.15) is 11.5 Å². The van der Waals surface area contributed by atoms with Crippen LogP contribution in [0.2, 0.25) is 0 Å². The molecule has 1 aliphatic rings. The minimum atomic E-state index is -3.36. The standard InChI is InChI=1S/C23H28N4O5S/c1-30-19-8-6-18(7-9-19)23-24-22(32-25-23)17-27-12-10-26(11-13-27)14-15-33(28,29)21-5-3-4-20(16-21)31-2/h3-9,16H,10-15,17H2,1-2H3. The van der Waals surface area contributed by atoms with Crippen molar-refractivity contribution in [3.63, 3.8) is 0 Å². The van der Waals surface area contributed by atoms with Crippen LogP contribution < -0.4 is 9.47 Å². The molecule has 3 aromatic rings. The first kappa shape index (κ1) is 23.2. The molecule has 2 heterocycles. The number of hydrogen-bond acceptors (Lipinski definition) is 9. The first-order valence-electron chi connectivity index (χ1n) is 10.8. The minimum Gasteiger partial charge on any atom is -0.497 e. The van der Waals surface area contributed by atoms with Gasteiger partial charge in [0.15, 0.2) is 9.84 Å². The highest BCUT2D eigenvalue weighted by atomic mass is 32.2. The van der Waals surface area contributed by atoms with E-state index in [9.17, 15) is 8.42 Å². The number of aromatic nitrogens is 2. The predicted octanol–water partition coefficient (Wildman–Crippen LogP) is 2.35. The van der Waals surface area contributed by atoms with E-state index >= 15 is 0 Å². The van der Waals surface area contributed by atoms with Crippen LogP contribution in [0.1, 0.15) is 5.89 Å². The smallest absolute Gasteiger partial charge is 0.241 e. The van der Waals surface area contributed by atoms with Crippen LogP contribution in [0.15, 0.2) is 57.9 Å². The molecule has 9 nitrogen and oxygen atoms in total. The maximum Gasteiger partial charge on any atom is 0.241 e. The molecule has 0 radical (unpaired) electrons. The monoisotopic (exact) mass is 472 g/mol. The number of piperazine rings is 1. The molecule has 0 amide bonds. The summed E-state index contributed by atoms with van der Waals surface area (Å²) in [6, 6.07) is 14.1. The molecule has 0 aliphatic carbocycles. The maximum atomic E-state index is 12.7. The van der Waals surface area contributed by atoms with E-state index in [0.29, 0.717) is 35.4 Å². The number of sulfone groups is 1. The van der Waals surface area contributed by atoms with Gasteiger partial charge in [-0.3, -0.25) is 9.80 Å². The van der Waals surface area contributed by atoms with Crippen LogP contribution in [0.25, 0.3) is 11.4 Å². The Morgan fingerprint density at radius 3 is 2.33 bits per heavy atom. The van der Waals surface area contributed by atoms with E-state index in [1.165, 1.54) is 7.11 Å². The van der Waals surface area contributed by atoms with E-state index in [2.05, 4.69) is 19.9 Å². The highest BCUT2D eigenvalue weighted by Crippen LogP contribution is 2.21. The van der Waals surface area contributed by atoms with E-state index in [1.54, 1.807) is 31.4 Å². The summed E-state index contributed by atoms with van der Waals surface area (Å²) >= 11 is 0. The van der Waals surface area contributed by atoms with Gasteiger partial charge in [0, 0.05) is 38.3 Å². The van der Waals surface area contributed by atoms with Gasteiger partial charge in [0.05, 0.1) is 31.4 Å². The summed E-state index contributed by atoms with van der Waals surface area (Å²) in [5.74, 6) is 2.51. The topological polar surface area (TPSA) is 98.0 Å². The average Bonchev–Trinajstić information content (AvgIpc) is 3.32. The summed E-state index contributed by atoms with van der Waals surface area (Å²) in [6.07, 6.45) is 0. The molecule has 2 aromatic carbocycles. The third-order valence-corrected chi connectivity index (χ3v) is 7.41. The SMILES string of the molecule is COc1ccc(-c2noc(CN3CCN(CCS(=O)(=O)c4cccc(OC)c4)CC3)n2)cc1. The summed E-state index contributed by atoms with van der Waals surface area (Å²) in [4.78, 5) is 9.20. The number of hydrogen-bond donors (Lipinski definition) is 0. The van der Waals surface area contributed by atoms with Crippen molar-refractivity contribution in [3.05, 3.63) is 54.4 Å². The van der Waals surface area contributed by atoms with Crippen LogP contribution in [0.5, 0.6) is 11.5 Å². The number of nitrogens with zero attached hydrogens (tertiary/aromatic N) is 4. The van der Waals surface area contributed by atoms with Crippen LogP contribution in [0.3, 0.4) is 0 Å². The molecule has 0 saturated carbocycles. The summed E-state index contributed by atoms with van der Waals surface area (Å²) in [5.41, 5.74) is 0.868. The van der Waals surface area contributed by atoms with E-state index in [0.717, 1.165) is 37.5 Å². The minimum absolute atomic E-state index is 0.0784. The molecule has 4 rings (SSSR count). The number of benzene rings is 2.